The zero-order chi connectivity index (χ0) is 16.1. The molecule has 1 aliphatic carbocycles. The van der Waals surface area contributed by atoms with E-state index in [-0.39, 0.29) is 17.0 Å². The predicted octanol–water partition coefficient (Wildman–Crippen LogP) is 3.28. The lowest BCUT2D eigenvalue weighted by Crippen LogP contribution is -2.41. The first-order valence-corrected chi connectivity index (χ1v) is 8.19. The van der Waals surface area contributed by atoms with Crippen LogP contribution in [-0.2, 0) is 9.31 Å². The second-order valence-electron chi connectivity index (χ2n) is 7.73. The summed E-state index contributed by atoms with van der Waals surface area (Å²) >= 11 is 0. The Kier molecular flexibility index (Phi) is 3.73. The monoisotopic (exact) mass is 300 g/mol. The molecule has 0 amide bonds. The third-order valence-electron chi connectivity index (χ3n) is 5.28. The van der Waals surface area contributed by atoms with Crippen LogP contribution >= 0.6 is 0 Å². The van der Waals surface area contributed by atoms with Gasteiger partial charge >= 0.3 is 7.12 Å². The lowest BCUT2D eigenvalue weighted by molar-refractivity contribution is 0.00578. The Morgan fingerprint density at radius 1 is 1.18 bits per heavy atom. The Morgan fingerprint density at radius 3 is 2.32 bits per heavy atom. The van der Waals surface area contributed by atoms with Crippen LogP contribution in [0, 0.1) is 12.8 Å². The molecular weight excluding hydrogens is 275 g/mol. The second kappa shape index (κ2) is 5.21. The molecule has 1 aliphatic heterocycles. The Labute approximate surface area is 133 Å². The first-order valence-electron chi connectivity index (χ1n) is 8.19. The maximum absolute atomic E-state index is 12.3. The van der Waals surface area contributed by atoms with Crippen molar-refractivity contribution in [1.82, 2.24) is 0 Å². The standard InChI is InChI=1S/C18H25BO3/c1-12-6-9-14(16(20)10-13-7-8-13)11-15(12)19-21-17(2,3)18(4,5)22-19/h6,9,11,13H,7-8,10H2,1-5H3. The van der Waals surface area contributed by atoms with Crippen LogP contribution in [-0.4, -0.2) is 24.1 Å². The Morgan fingerprint density at radius 2 is 1.77 bits per heavy atom. The van der Waals surface area contributed by atoms with Crippen molar-refractivity contribution in [2.45, 2.75) is 65.1 Å². The molecular formula is C18H25BO3. The van der Waals surface area contributed by atoms with Gasteiger partial charge in [0.15, 0.2) is 5.78 Å². The largest absolute Gasteiger partial charge is 0.495 e. The van der Waals surface area contributed by atoms with Gasteiger partial charge in [0.25, 0.3) is 0 Å². The third-order valence-corrected chi connectivity index (χ3v) is 5.28. The van der Waals surface area contributed by atoms with Crippen LogP contribution in [0.4, 0.5) is 0 Å². The Hall–Kier alpha value is -1.13. The molecule has 2 aliphatic rings. The molecule has 0 atom stereocenters. The summed E-state index contributed by atoms with van der Waals surface area (Å²) < 4.78 is 12.3. The van der Waals surface area contributed by atoms with E-state index in [1.54, 1.807) is 0 Å². The van der Waals surface area contributed by atoms with Gasteiger partial charge in [-0.25, -0.2) is 0 Å². The summed E-state index contributed by atoms with van der Waals surface area (Å²) in [6.45, 7) is 10.2. The van der Waals surface area contributed by atoms with Gasteiger partial charge in [0.1, 0.15) is 0 Å². The molecule has 0 aromatic heterocycles. The van der Waals surface area contributed by atoms with Gasteiger partial charge in [-0.05, 0) is 58.8 Å². The fraction of sp³-hybridized carbons (Fsp3) is 0.611. The van der Waals surface area contributed by atoms with Gasteiger partial charge in [-0.2, -0.15) is 0 Å². The smallest absolute Gasteiger partial charge is 0.399 e. The molecule has 3 nitrogen and oxygen atoms in total. The number of aryl methyl sites for hydroxylation is 1. The number of carbonyl (C=O) groups is 1. The van der Waals surface area contributed by atoms with Crippen molar-refractivity contribution in [2.24, 2.45) is 5.92 Å². The summed E-state index contributed by atoms with van der Waals surface area (Å²) in [6, 6.07) is 5.89. The predicted molar refractivity (Wildman–Crippen MR) is 88.6 cm³/mol. The van der Waals surface area contributed by atoms with Crippen LogP contribution in [0.2, 0.25) is 0 Å². The van der Waals surface area contributed by atoms with Crippen LogP contribution in [0.3, 0.4) is 0 Å². The quantitative estimate of drug-likeness (QED) is 0.632. The number of benzene rings is 1. The fourth-order valence-corrected chi connectivity index (χ4v) is 2.74. The minimum absolute atomic E-state index is 0.236. The van der Waals surface area contributed by atoms with Crippen molar-refractivity contribution >= 4 is 18.4 Å². The van der Waals surface area contributed by atoms with E-state index in [2.05, 4.69) is 0 Å². The van der Waals surface area contributed by atoms with Gasteiger partial charge in [-0.1, -0.05) is 23.8 Å². The normalized spacial score (nSPS) is 22.9. The molecule has 1 heterocycles. The van der Waals surface area contributed by atoms with Crippen molar-refractivity contribution in [2.75, 3.05) is 0 Å². The first kappa shape index (κ1) is 15.8. The highest BCUT2D eigenvalue weighted by Crippen LogP contribution is 2.37. The summed E-state index contributed by atoms with van der Waals surface area (Å²) in [5, 5.41) is 0. The number of rotatable bonds is 4. The van der Waals surface area contributed by atoms with Gasteiger partial charge in [0.05, 0.1) is 11.2 Å². The summed E-state index contributed by atoms with van der Waals surface area (Å²) in [5.74, 6) is 0.842. The molecule has 1 aromatic carbocycles. The van der Waals surface area contributed by atoms with Gasteiger partial charge in [-0.15, -0.1) is 0 Å². The lowest BCUT2D eigenvalue weighted by atomic mass is 9.75. The zero-order valence-corrected chi connectivity index (χ0v) is 14.2. The number of hydrogen-bond donors (Lipinski definition) is 0. The van der Waals surface area contributed by atoms with Crippen molar-refractivity contribution in [1.29, 1.82) is 0 Å². The minimum Gasteiger partial charge on any atom is -0.399 e. The molecule has 0 spiro atoms. The Bertz CT molecular complexity index is 586. The average Bonchev–Trinajstić information content (AvgIpc) is 3.17. The molecule has 0 N–H and O–H groups in total. The molecule has 0 bridgehead atoms. The number of carbonyl (C=O) groups excluding carboxylic acids is 1. The number of Topliss-reactive ketones (excluding diaryl/α,β-unsaturated/α-hetero) is 1. The van der Waals surface area contributed by atoms with Crippen molar-refractivity contribution in [3.63, 3.8) is 0 Å². The summed E-state index contributed by atoms with van der Waals surface area (Å²) in [4.78, 5) is 12.3. The topological polar surface area (TPSA) is 35.5 Å². The first-order chi connectivity index (χ1) is 10.2. The summed E-state index contributed by atoms with van der Waals surface area (Å²) in [6.07, 6.45) is 3.06. The molecule has 2 fully saturated rings. The highest BCUT2D eigenvalue weighted by atomic mass is 16.7. The molecule has 3 rings (SSSR count). The second-order valence-corrected chi connectivity index (χ2v) is 7.73. The molecule has 118 valence electrons. The highest BCUT2D eigenvalue weighted by Gasteiger charge is 2.52. The van der Waals surface area contributed by atoms with Crippen LogP contribution in [0.1, 0.15) is 62.9 Å². The minimum atomic E-state index is -0.404. The molecule has 1 aromatic rings. The van der Waals surface area contributed by atoms with Gasteiger partial charge in [0.2, 0.25) is 0 Å². The van der Waals surface area contributed by atoms with E-state index in [0.29, 0.717) is 12.3 Å². The van der Waals surface area contributed by atoms with E-state index >= 15 is 0 Å². The maximum atomic E-state index is 12.3. The number of ketones is 1. The molecule has 4 heteroatoms. The van der Waals surface area contributed by atoms with E-state index in [0.717, 1.165) is 16.6 Å². The highest BCUT2D eigenvalue weighted by molar-refractivity contribution is 6.62. The van der Waals surface area contributed by atoms with Crippen molar-refractivity contribution < 1.29 is 14.1 Å². The molecule has 1 saturated carbocycles. The maximum Gasteiger partial charge on any atom is 0.495 e. The van der Waals surface area contributed by atoms with Crippen molar-refractivity contribution in [3.8, 4) is 0 Å². The van der Waals surface area contributed by atoms with Crippen molar-refractivity contribution in [3.05, 3.63) is 29.3 Å². The van der Waals surface area contributed by atoms with Gasteiger partial charge in [-0.3, -0.25) is 4.79 Å². The molecule has 0 radical (unpaired) electrons. The SMILES string of the molecule is Cc1ccc(C(=O)CC2CC2)cc1B1OC(C)(C)C(C)(C)O1. The number of hydrogen-bond acceptors (Lipinski definition) is 3. The van der Waals surface area contributed by atoms with E-state index in [9.17, 15) is 4.79 Å². The van der Waals surface area contributed by atoms with E-state index in [1.807, 2.05) is 52.8 Å². The van der Waals surface area contributed by atoms with E-state index < -0.39 is 7.12 Å². The molecule has 22 heavy (non-hydrogen) atoms. The zero-order valence-electron chi connectivity index (χ0n) is 14.2. The van der Waals surface area contributed by atoms with Crippen LogP contribution in [0.25, 0.3) is 0 Å². The molecule has 1 saturated heterocycles. The van der Waals surface area contributed by atoms with Crippen LogP contribution in [0.15, 0.2) is 18.2 Å². The molecule has 0 unspecified atom stereocenters. The van der Waals surface area contributed by atoms with Crippen LogP contribution in [0.5, 0.6) is 0 Å². The fourth-order valence-electron chi connectivity index (χ4n) is 2.74. The third kappa shape index (κ3) is 2.87. The van der Waals surface area contributed by atoms with E-state index in [4.69, 9.17) is 9.31 Å². The van der Waals surface area contributed by atoms with Crippen LogP contribution < -0.4 is 5.46 Å². The summed E-state index contributed by atoms with van der Waals surface area (Å²) in [7, 11) is -0.404. The average molecular weight is 300 g/mol. The summed E-state index contributed by atoms with van der Waals surface area (Å²) in [5.41, 5.74) is 2.12. The lowest BCUT2D eigenvalue weighted by Gasteiger charge is -2.32. The van der Waals surface area contributed by atoms with Gasteiger partial charge in [0, 0.05) is 12.0 Å². The van der Waals surface area contributed by atoms with Gasteiger partial charge < -0.3 is 9.31 Å². The van der Waals surface area contributed by atoms with E-state index in [1.165, 1.54) is 12.8 Å². The Balaban J connectivity index is 1.86.